The predicted molar refractivity (Wildman–Crippen MR) is 85.1 cm³/mol. The lowest BCUT2D eigenvalue weighted by Crippen LogP contribution is -2.09. The zero-order chi connectivity index (χ0) is 16.4. The van der Waals surface area contributed by atoms with E-state index in [1.165, 1.54) is 32.1 Å². The number of carbonyl (C=O) groups is 3. The maximum absolute atomic E-state index is 12.0. The van der Waals surface area contributed by atoms with E-state index in [1.807, 2.05) is 0 Å². The van der Waals surface area contributed by atoms with Crippen LogP contribution in [0.2, 0.25) is 0 Å². The maximum Gasteiger partial charge on any atom is 0.337 e. The van der Waals surface area contributed by atoms with Gasteiger partial charge in [0.2, 0.25) is 0 Å². The Balaban J connectivity index is 2.41. The molecule has 0 saturated carbocycles. The number of unbranched alkanes of at least 4 members (excludes halogenated alkanes) is 4. The van der Waals surface area contributed by atoms with Crippen LogP contribution in [0.3, 0.4) is 0 Å². The molecule has 0 bridgehead atoms. The first-order valence-corrected chi connectivity index (χ1v) is 7.81. The number of rotatable bonds is 10. The molecule has 0 N–H and O–H groups in total. The number of benzene rings is 1. The number of esters is 1. The highest BCUT2D eigenvalue weighted by molar-refractivity contribution is 6.08. The molecule has 0 spiro atoms. The number of methoxy groups -OCH3 is 1. The number of carbonyl (C=O) groups excluding carboxylic acids is 3. The number of hydrogen-bond acceptors (Lipinski definition) is 4. The van der Waals surface area contributed by atoms with Crippen LogP contribution in [0.4, 0.5) is 0 Å². The van der Waals surface area contributed by atoms with Crippen molar-refractivity contribution in [2.24, 2.45) is 0 Å². The van der Waals surface area contributed by atoms with Gasteiger partial charge in [0.1, 0.15) is 5.78 Å². The van der Waals surface area contributed by atoms with E-state index < -0.39 is 5.97 Å². The van der Waals surface area contributed by atoms with Crippen molar-refractivity contribution in [2.45, 2.75) is 51.9 Å². The molecule has 0 saturated heterocycles. The summed E-state index contributed by atoms with van der Waals surface area (Å²) < 4.78 is 4.60. The summed E-state index contributed by atoms with van der Waals surface area (Å²) in [4.78, 5) is 35.1. The zero-order valence-corrected chi connectivity index (χ0v) is 13.4. The van der Waals surface area contributed by atoms with E-state index in [2.05, 4.69) is 11.7 Å². The molecule has 1 aromatic rings. The molecule has 0 amide bonds. The molecule has 1 rings (SSSR count). The summed E-state index contributed by atoms with van der Waals surface area (Å²) >= 11 is 0. The largest absolute Gasteiger partial charge is 0.465 e. The Morgan fingerprint density at radius 1 is 0.909 bits per heavy atom. The fourth-order valence-corrected chi connectivity index (χ4v) is 2.21. The van der Waals surface area contributed by atoms with Crippen molar-refractivity contribution in [1.82, 2.24) is 0 Å². The minimum atomic E-state index is -0.442. The van der Waals surface area contributed by atoms with Gasteiger partial charge in [-0.05, 0) is 18.6 Å². The van der Waals surface area contributed by atoms with Gasteiger partial charge < -0.3 is 4.74 Å². The van der Waals surface area contributed by atoms with Gasteiger partial charge in [-0.1, -0.05) is 44.7 Å². The van der Waals surface area contributed by atoms with E-state index in [4.69, 9.17) is 0 Å². The number of ether oxygens (including phenoxy) is 1. The van der Waals surface area contributed by atoms with Crippen LogP contribution in [-0.4, -0.2) is 24.6 Å². The van der Waals surface area contributed by atoms with Gasteiger partial charge in [-0.2, -0.15) is 0 Å². The molecule has 0 heterocycles. The summed E-state index contributed by atoms with van der Waals surface area (Å²) in [5.41, 5.74) is 0.841. The summed E-state index contributed by atoms with van der Waals surface area (Å²) in [6.07, 6.45) is 5.82. The van der Waals surface area contributed by atoms with E-state index in [9.17, 15) is 14.4 Å². The van der Waals surface area contributed by atoms with Crippen molar-refractivity contribution in [2.75, 3.05) is 7.11 Å². The van der Waals surface area contributed by atoms with E-state index in [1.54, 1.807) is 12.1 Å². The fraction of sp³-hybridized carbons (Fsp3) is 0.500. The molecule has 120 valence electrons. The van der Waals surface area contributed by atoms with Crippen LogP contribution in [0, 0.1) is 0 Å². The van der Waals surface area contributed by atoms with Crippen molar-refractivity contribution in [3.8, 4) is 0 Å². The Morgan fingerprint density at radius 3 is 2.09 bits per heavy atom. The lowest BCUT2D eigenvalue weighted by molar-refractivity contribution is -0.118. The van der Waals surface area contributed by atoms with Crippen molar-refractivity contribution in [1.29, 1.82) is 0 Å². The molecule has 4 nitrogen and oxygen atoms in total. The molecule has 0 radical (unpaired) electrons. The molecular weight excluding hydrogens is 280 g/mol. The monoisotopic (exact) mass is 304 g/mol. The van der Waals surface area contributed by atoms with Gasteiger partial charge in [-0.25, -0.2) is 4.79 Å². The lowest BCUT2D eigenvalue weighted by atomic mass is 10.0. The average molecular weight is 304 g/mol. The van der Waals surface area contributed by atoms with E-state index in [0.717, 1.165) is 19.3 Å². The first-order valence-electron chi connectivity index (χ1n) is 7.81. The van der Waals surface area contributed by atoms with Crippen molar-refractivity contribution >= 4 is 17.5 Å². The average Bonchev–Trinajstić information content (AvgIpc) is 2.54. The second-order valence-corrected chi connectivity index (χ2v) is 5.37. The Hall–Kier alpha value is -1.97. The summed E-state index contributed by atoms with van der Waals surface area (Å²) in [5, 5.41) is 0. The third-order valence-corrected chi connectivity index (χ3v) is 3.54. The van der Waals surface area contributed by atoms with Gasteiger partial charge in [-0.15, -0.1) is 0 Å². The Labute approximate surface area is 131 Å². The van der Waals surface area contributed by atoms with Crippen molar-refractivity contribution < 1.29 is 19.1 Å². The number of Topliss-reactive ketones (excluding diaryl/α,β-unsaturated/α-hetero) is 2. The van der Waals surface area contributed by atoms with Crippen molar-refractivity contribution in [3.63, 3.8) is 0 Å². The molecule has 0 aliphatic heterocycles. The molecular formula is C18H24O4. The van der Waals surface area contributed by atoms with Gasteiger partial charge in [0, 0.05) is 12.0 Å². The molecule has 0 atom stereocenters. The summed E-state index contributed by atoms with van der Waals surface area (Å²) in [6, 6.07) is 6.19. The van der Waals surface area contributed by atoms with Crippen LogP contribution in [0.25, 0.3) is 0 Å². The van der Waals surface area contributed by atoms with Crippen LogP contribution in [-0.2, 0) is 9.53 Å². The van der Waals surface area contributed by atoms with Crippen LogP contribution >= 0.6 is 0 Å². The van der Waals surface area contributed by atoms with E-state index >= 15 is 0 Å². The third-order valence-electron chi connectivity index (χ3n) is 3.54. The summed E-state index contributed by atoms with van der Waals surface area (Å²) in [6.45, 7) is 2.15. The van der Waals surface area contributed by atoms with Crippen molar-refractivity contribution in [3.05, 3.63) is 35.4 Å². The number of hydrogen-bond donors (Lipinski definition) is 0. The van der Waals surface area contributed by atoms with Gasteiger partial charge in [-0.3, -0.25) is 9.59 Å². The molecule has 4 heteroatoms. The highest BCUT2D eigenvalue weighted by Gasteiger charge is 2.13. The second-order valence-electron chi connectivity index (χ2n) is 5.37. The van der Waals surface area contributed by atoms with Crippen LogP contribution < -0.4 is 0 Å². The molecule has 0 unspecified atom stereocenters. The van der Waals surface area contributed by atoms with Gasteiger partial charge in [0.15, 0.2) is 5.78 Å². The molecule has 0 fully saturated rings. The second kappa shape index (κ2) is 9.87. The molecule has 0 aliphatic carbocycles. The first-order chi connectivity index (χ1) is 10.6. The Bertz CT molecular complexity index is 502. The van der Waals surface area contributed by atoms with E-state index in [-0.39, 0.29) is 18.0 Å². The molecule has 1 aromatic carbocycles. The van der Waals surface area contributed by atoms with Crippen LogP contribution in [0.15, 0.2) is 24.3 Å². The number of ketones is 2. The zero-order valence-electron chi connectivity index (χ0n) is 13.4. The van der Waals surface area contributed by atoms with Gasteiger partial charge in [0.05, 0.1) is 19.1 Å². The smallest absolute Gasteiger partial charge is 0.337 e. The van der Waals surface area contributed by atoms with Crippen LogP contribution in [0.1, 0.15) is 72.6 Å². The van der Waals surface area contributed by atoms with Gasteiger partial charge in [0.25, 0.3) is 0 Å². The minimum absolute atomic E-state index is 0.0152. The Kier molecular flexibility index (Phi) is 8.11. The summed E-state index contributed by atoms with van der Waals surface area (Å²) in [5.74, 6) is -0.657. The van der Waals surface area contributed by atoms with Crippen LogP contribution in [0.5, 0.6) is 0 Å². The molecule has 0 aliphatic rings. The summed E-state index contributed by atoms with van der Waals surface area (Å²) in [7, 11) is 1.31. The maximum atomic E-state index is 12.0. The molecule has 0 aromatic heterocycles. The van der Waals surface area contributed by atoms with Gasteiger partial charge >= 0.3 is 5.97 Å². The first kappa shape index (κ1) is 18.1. The topological polar surface area (TPSA) is 60.4 Å². The highest BCUT2D eigenvalue weighted by Crippen LogP contribution is 2.11. The standard InChI is InChI=1S/C18H24O4/c1-3-4-5-6-7-8-16(19)13-17(20)14-9-11-15(12-10-14)18(21)22-2/h9-12H,3-8,13H2,1-2H3. The fourth-order valence-electron chi connectivity index (χ4n) is 2.21. The minimum Gasteiger partial charge on any atom is -0.465 e. The predicted octanol–water partition coefficient (Wildman–Crippen LogP) is 3.98. The normalized spacial score (nSPS) is 10.3. The van der Waals surface area contributed by atoms with E-state index in [0.29, 0.717) is 17.5 Å². The highest BCUT2D eigenvalue weighted by atomic mass is 16.5. The molecule has 22 heavy (non-hydrogen) atoms. The lowest BCUT2D eigenvalue weighted by Gasteiger charge is -2.03. The Morgan fingerprint density at radius 2 is 1.50 bits per heavy atom. The quantitative estimate of drug-likeness (QED) is 0.284. The SMILES string of the molecule is CCCCCCCC(=O)CC(=O)c1ccc(C(=O)OC)cc1. The third kappa shape index (κ3) is 6.20.